The Kier molecular flexibility index (Phi) is 2.35. The summed E-state index contributed by atoms with van der Waals surface area (Å²) in [6.45, 7) is 5.11. The lowest BCUT2D eigenvalue weighted by Crippen LogP contribution is -2.47. The molecule has 96 valence electrons. The summed E-state index contributed by atoms with van der Waals surface area (Å²) in [5, 5.41) is 0. The molecule has 1 aromatic rings. The molecule has 3 aliphatic rings. The number of ether oxygens (including phenoxy) is 1. The Morgan fingerprint density at radius 3 is 3.00 bits per heavy atom. The van der Waals surface area contributed by atoms with Crippen LogP contribution in [0.15, 0.2) is 23.0 Å². The van der Waals surface area contributed by atoms with Crippen molar-refractivity contribution in [1.82, 2.24) is 9.47 Å². The summed E-state index contributed by atoms with van der Waals surface area (Å²) in [7, 11) is 0. The highest BCUT2D eigenvalue weighted by Gasteiger charge is 2.36. The van der Waals surface area contributed by atoms with Crippen molar-refractivity contribution in [2.45, 2.75) is 25.0 Å². The molecular formula is C14H18N2O2. The van der Waals surface area contributed by atoms with Crippen molar-refractivity contribution in [3.63, 3.8) is 0 Å². The maximum atomic E-state index is 11.9. The number of piperidine rings is 1. The number of fused-ring (bicyclic) bond motifs is 4. The Morgan fingerprint density at radius 2 is 2.17 bits per heavy atom. The molecular weight excluding hydrogens is 228 g/mol. The fourth-order valence-electron chi connectivity index (χ4n) is 3.61. The third-order valence-electron chi connectivity index (χ3n) is 4.42. The first-order valence-corrected chi connectivity index (χ1v) is 6.83. The number of hydrogen-bond donors (Lipinski definition) is 0. The zero-order chi connectivity index (χ0) is 12.1. The highest BCUT2D eigenvalue weighted by atomic mass is 16.6. The normalized spacial score (nSPS) is 34.1. The van der Waals surface area contributed by atoms with Crippen molar-refractivity contribution in [2.75, 3.05) is 26.2 Å². The van der Waals surface area contributed by atoms with Crippen LogP contribution in [0.1, 0.15) is 18.0 Å². The number of epoxide rings is 1. The molecule has 0 saturated carbocycles. The van der Waals surface area contributed by atoms with Crippen LogP contribution in [-0.4, -0.2) is 41.8 Å². The van der Waals surface area contributed by atoms with Gasteiger partial charge in [-0.3, -0.25) is 9.69 Å². The predicted molar refractivity (Wildman–Crippen MR) is 67.7 cm³/mol. The van der Waals surface area contributed by atoms with Crippen molar-refractivity contribution in [3.05, 3.63) is 34.2 Å². The average molecular weight is 246 g/mol. The van der Waals surface area contributed by atoms with Gasteiger partial charge in [0.25, 0.3) is 5.56 Å². The summed E-state index contributed by atoms with van der Waals surface area (Å²) < 4.78 is 7.31. The second kappa shape index (κ2) is 3.93. The molecule has 4 rings (SSSR count). The van der Waals surface area contributed by atoms with Gasteiger partial charge in [0.15, 0.2) is 0 Å². The van der Waals surface area contributed by atoms with Crippen LogP contribution in [0.4, 0.5) is 0 Å². The van der Waals surface area contributed by atoms with Crippen LogP contribution in [0.3, 0.4) is 0 Å². The first-order chi connectivity index (χ1) is 8.79. The number of likely N-dealkylation sites (tertiary alicyclic amines) is 1. The summed E-state index contributed by atoms with van der Waals surface area (Å²) in [6.07, 6.45) is 1.72. The molecule has 4 nitrogen and oxygen atoms in total. The molecule has 3 aliphatic heterocycles. The summed E-state index contributed by atoms with van der Waals surface area (Å²) in [4.78, 5) is 14.4. The van der Waals surface area contributed by atoms with E-state index in [0.29, 0.717) is 17.9 Å². The lowest BCUT2D eigenvalue weighted by Gasteiger charge is -2.42. The van der Waals surface area contributed by atoms with E-state index in [2.05, 4.69) is 11.0 Å². The van der Waals surface area contributed by atoms with Gasteiger partial charge in [0.1, 0.15) is 0 Å². The summed E-state index contributed by atoms with van der Waals surface area (Å²) in [5.74, 6) is 1.17. The fraction of sp³-hybridized carbons (Fsp3) is 0.643. The summed E-state index contributed by atoms with van der Waals surface area (Å²) in [5.41, 5.74) is 1.40. The van der Waals surface area contributed by atoms with Crippen LogP contribution in [0, 0.1) is 5.92 Å². The third kappa shape index (κ3) is 1.80. The van der Waals surface area contributed by atoms with E-state index < -0.39 is 0 Å². The monoisotopic (exact) mass is 246 g/mol. The van der Waals surface area contributed by atoms with Gasteiger partial charge in [-0.15, -0.1) is 0 Å². The van der Waals surface area contributed by atoms with Gasteiger partial charge >= 0.3 is 0 Å². The molecule has 0 amide bonds. The van der Waals surface area contributed by atoms with E-state index in [0.717, 1.165) is 32.8 Å². The van der Waals surface area contributed by atoms with Crippen molar-refractivity contribution < 1.29 is 4.74 Å². The SMILES string of the molecule is O=c1cccc2n1C[C@H]1C[C@H]2CN(C[C@H]2CO2)C1. The third-order valence-corrected chi connectivity index (χ3v) is 4.42. The average Bonchev–Trinajstić information content (AvgIpc) is 3.14. The minimum atomic E-state index is 0.168. The fourth-order valence-corrected chi connectivity index (χ4v) is 3.61. The summed E-state index contributed by atoms with van der Waals surface area (Å²) in [6, 6.07) is 5.71. The molecule has 2 saturated heterocycles. The number of aromatic nitrogens is 1. The zero-order valence-corrected chi connectivity index (χ0v) is 10.4. The molecule has 4 heterocycles. The van der Waals surface area contributed by atoms with Crippen LogP contribution in [0.2, 0.25) is 0 Å². The second-order valence-electron chi connectivity index (χ2n) is 5.87. The van der Waals surface area contributed by atoms with Gasteiger partial charge in [-0.05, 0) is 18.4 Å². The van der Waals surface area contributed by atoms with E-state index in [9.17, 15) is 4.79 Å². The highest BCUT2D eigenvalue weighted by Crippen LogP contribution is 2.35. The number of pyridine rings is 1. The summed E-state index contributed by atoms with van der Waals surface area (Å²) >= 11 is 0. The van der Waals surface area contributed by atoms with Crippen molar-refractivity contribution in [1.29, 1.82) is 0 Å². The molecule has 0 aromatic carbocycles. The van der Waals surface area contributed by atoms with Gasteiger partial charge in [-0.25, -0.2) is 0 Å². The molecule has 2 bridgehead atoms. The van der Waals surface area contributed by atoms with E-state index >= 15 is 0 Å². The Hall–Kier alpha value is -1.13. The van der Waals surface area contributed by atoms with E-state index in [1.807, 2.05) is 10.6 Å². The van der Waals surface area contributed by atoms with E-state index in [-0.39, 0.29) is 5.56 Å². The van der Waals surface area contributed by atoms with Gasteiger partial charge in [0, 0.05) is 43.9 Å². The Morgan fingerprint density at radius 1 is 1.28 bits per heavy atom. The van der Waals surface area contributed by atoms with Gasteiger partial charge in [-0.1, -0.05) is 6.07 Å². The number of hydrogen-bond acceptors (Lipinski definition) is 3. The largest absolute Gasteiger partial charge is 0.372 e. The molecule has 18 heavy (non-hydrogen) atoms. The van der Waals surface area contributed by atoms with Crippen LogP contribution in [0.25, 0.3) is 0 Å². The lowest BCUT2D eigenvalue weighted by atomic mass is 9.83. The Labute approximate surface area is 106 Å². The molecule has 4 heteroatoms. The van der Waals surface area contributed by atoms with Gasteiger partial charge in [0.05, 0.1) is 12.7 Å². The molecule has 1 aromatic heterocycles. The maximum absolute atomic E-state index is 11.9. The van der Waals surface area contributed by atoms with E-state index in [1.165, 1.54) is 12.1 Å². The van der Waals surface area contributed by atoms with Crippen LogP contribution >= 0.6 is 0 Å². The molecule has 0 spiro atoms. The van der Waals surface area contributed by atoms with Crippen molar-refractivity contribution in [3.8, 4) is 0 Å². The maximum Gasteiger partial charge on any atom is 0.250 e. The smallest absolute Gasteiger partial charge is 0.250 e. The number of rotatable bonds is 2. The Balaban J connectivity index is 1.63. The Bertz CT molecular complexity index is 521. The van der Waals surface area contributed by atoms with Gasteiger partial charge in [-0.2, -0.15) is 0 Å². The van der Waals surface area contributed by atoms with E-state index in [4.69, 9.17) is 4.74 Å². The first kappa shape index (κ1) is 10.8. The zero-order valence-electron chi connectivity index (χ0n) is 10.4. The predicted octanol–water partition coefficient (Wildman–Crippen LogP) is 0.666. The molecule has 0 aliphatic carbocycles. The quantitative estimate of drug-likeness (QED) is 0.720. The van der Waals surface area contributed by atoms with Crippen molar-refractivity contribution in [2.24, 2.45) is 5.92 Å². The topological polar surface area (TPSA) is 37.8 Å². The van der Waals surface area contributed by atoms with Crippen LogP contribution in [-0.2, 0) is 11.3 Å². The van der Waals surface area contributed by atoms with Crippen molar-refractivity contribution >= 4 is 0 Å². The minimum Gasteiger partial charge on any atom is -0.372 e. The first-order valence-electron chi connectivity index (χ1n) is 6.83. The van der Waals surface area contributed by atoms with E-state index in [1.54, 1.807) is 6.07 Å². The molecule has 0 N–H and O–H groups in total. The van der Waals surface area contributed by atoms with Crippen LogP contribution in [0.5, 0.6) is 0 Å². The van der Waals surface area contributed by atoms with Gasteiger partial charge in [0.2, 0.25) is 0 Å². The molecule has 0 unspecified atom stereocenters. The number of nitrogens with zero attached hydrogens (tertiary/aromatic N) is 2. The molecule has 0 radical (unpaired) electrons. The van der Waals surface area contributed by atoms with Gasteiger partial charge < -0.3 is 9.30 Å². The van der Waals surface area contributed by atoms with Crippen LogP contribution < -0.4 is 5.56 Å². The standard InChI is InChI=1S/C14H18N2O2/c17-14-3-1-2-13-11-4-10(6-16(13)14)5-15(7-11)8-12-9-18-12/h1-3,10-12H,4-9H2/t10-,11-,12-/m0/s1. The minimum absolute atomic E-state index is 0.168. The molecule has 3 atom stereocenters. The molecule has 2 fully saturated rings. The highest BCUT2D eigenvalue weighted by molar-refractivity contribution is 5.17. The second-order valence-corrected chi connectivity index (χ2v) is 5.87. The lowest BCUT2D eigenvalue weighted by molar-refractivity contribution is 0.112.